The first kappa shape index (κ1) is 36.4. The van der Waals surface area contributed by atoms with E-state index < -0.39 is 0 Å². The van der Waals surface area contributed by atoms with Gasteiger partial charge < -0.3 is 15.1 Å². The van der Waals surface area contributed by atoms with Crippen LogP contribution in [-0.2, 0) is 16.6 Å². The van der Waals surface area contributed by atoms with Gasteiger partial charge >= 0.3 is 0 Å². The highest BCUT2D eigenvalue weighted by atomic mass is 35.5. The first-order valence-electron chi connectivity index (χ1n) is 19.3. The molecule has 2 N–H and O–H groups in total. The third kappa shape index (κ3) is 7.28. The SMILES string of the molecule is CN1C[C@@H](Nc2cnn(C)c(=O)c2Cl)C[C@@H](c2ccc(C(=O)N3CCC4(CCC(c5ccc6c(C7CCC(=O)NC7=O)cncc6c5)CC4)CC3)cc2)C1. The molecule has 0 bridgehead atoms. The maximum absolute atomic E-state index is 13.7. The third-order valence-corrected chi connectivity index (χ3v) is 13.1. The number of amides is 3. The number of piperidine rings is 3. The van der Waals surface area contributed by atoms with E-state index in [2.05, 4.69) is 63.0 Å². The number of hydrogen-bond donors (Lipinski definition) is 2. The molecule has 3 atom stereocenters. The number of carbonyl (C=O) groups excluding carboxylic acids is 3. The van der Waals surface area contributed by atoms with Gasteiger partial charge in [-0.25, -0.2) is 4.68 Å². The van der Waals surface area contributed by atoms with Gasteiger partial charge in [-0.2, -0.15) is 5.10 Å². The molecule has 4 aromatic rings. The Bertz CT molecular complexity index is 2130. The summed E-state index contributed by atoms with van der Waals surface area (Å²) in [6, 6.07) is 14.9. The summed E-state index contributed by atoms with van der Waals surface area (Å²) in [4.78, 5) is 59.0. The molecule has 4 fully saturated rings. The monoisotopic (exact) mass is 749 g/mol. The fourth-order valence-electron chi connectivity index (χ4n) is 9.57. The Morgan fingerprint density at radius 3 is 2.37 bits per heavy atom. The molecule has 0 radical (unpaired) electrons. The van der Waals surface area contributed by atoms with Crippen LogP contribution in [0.1, 0.15) is 103 Å². The highest BCUT2D eigenvalue weighted by Gasteiger charge is 2.40. The Balaban J connectivity index is 0.850. The summed E-state index contributed by atoms with van der Waals surface area (Å²) in [6.07, 6.45) is 13.7. The van der Waals surface area contributed by atoms with E-state index in [9.17, 15) is 19.2 Å². The highest BCUT2D eigenvalue weighted by Crippen LogP contribution is 2.49. The van der Waals surface area contributed by atoms with Crippen LogP contribution >= 0.6 is 11.6 Å². The number of hydrogen-bond acceptors (Lipinski definition) is 8. The molecular weight excluding hydrogens is 702 g/mol. The average Bonchev–Trinajstić information content (AvgIpc) is 3.18. The van der Waals surface area contributed by atoms with E-state index in [1.54, 1.807) is 19.4 Å². The summed E-state index contributed by atoms with van der Waals surface area (Å²) < 4.78 is 1.23. The fraction of sp³-hybridized carbons (Fsp3) is 0.476. The second-order valence-electron chi connectivity index (χ2n) is 16.2. The molecule has 12 heteroatoms. The van der Waals surface area contributed by atoms with Crippen LogP contribution in [0.4, 0.5) is 5.69 Å². The Kier molecular flexibility index (Phi) is 10.0. The highest BCUT2D eigenvalue weighted by molar-refractivity contribution is 6.32. The van der Waals surface area contributed by atoms with Gasteiger partial charge in [0, 0.05) is 69.0 Å². The summed E-state index contributed by atoms with van der Waals surface area (Å²) in [5, 5.41) is 12.3. The fourth-order valence-corrected chi connectivity index (χ4v) is 9.79. The maximum atomic E-state index is 13.7. The van der Waals surface area contributed by atoms with Crippen LogP contribution < -0.4 is 16.2 Å². The molecule has 1 saturated carbocycles. The largest absolute Gasteiger partial charge is 0.378 e. The van der Waals surface area contributed by atoms with Crippen LogP contribution in [0.15, 0.2) is 65.8 Å². The number of fused-ring (bicyclic) bond motifs is 1. The maximum Gasteiger partial charge on any atom is 0.287 e. The first-order chi connectivity index (χ1) is 26.1. The number of aromatic nitrogens is 3. The van der Waals surface area contributed by atoms with Gasteiger partial charge in [0.2, 0.25) is 11.8 Å². The number of halogens is 1. The summed E-state index contributed by atoms with van der Waals surface area (Å²) >= 11 is 6.33. The van der Waals surface area contributed by atoms with Crippen molar-refractivity contribution in [2.24, 2.45) is 12.5 Å². The molecule has 4 aliphatic rings. The number of pyridine rings is 1. The number of benzene rings is 2. The molecule has 2 aromatic heterocycles. The molecule has 5 heterocycles. The zero-order chi connectivity index (χ0) is 37.6. The smallest absolute Gasteiger partial charge is 0.287 e. The zero-order valence-corrected chi connectivity index (χ0v) is 31.8. The van der Waals surface area contributed by atoms with Crippen molar-refractivity contribution in [2.75, 3.05) is 38.5 Å². The van der Waals surface area contributed by atoms with Crippen LogP contribution in [0.3, 0.4) is 0 Å². The number of anilines is 1. The molecule has 3 saturated heterocycles. The molecule has 1 unspecified atom stereocenters. The van der Waals surface area contributed by atoms with Crippen LogP contribution in [0, 0.1) is 5.41 Å². The van der Waals surface area contributed by atoms with E-state index in [0.29, 0.717) is 29.9 Å². The number of rotatable bonds is 6. The van der Waals surface area contributed by atoms with Crippen molar-refractivity contribution in [2.45, 2.75) is 81.6 Å². The minimum Gasteiger partial charge on any atom is -0.378 e. The standard InChI is InChI=1S/C42H48ClN7O4/c1-48-24-31(20-32(25-48)46-36-23-45-49(2)41(54)38(36)43)26-3-5-28(6-4-26)40(53)50-17-15-42(16-18-50)13-11-27(12-14-42)29-7-8-33-30(19-29)21-44-22-35(33)34-9-10-37(51)47-39(34)52/h3-8,19,21-23,27,31-32,34,46H,9-18,20,24-25H2,1-2H3,(H,47,51,52)/t31-,32+,34?/m1/s1. The average molecular weight is 750 g/mol. The van der Waals surface area contributed by atoms with Crippen LogP contribution in [0.5, 0.6) is 0 Å². The Morgan fingerprint density at radius 2 is 1.63 bits per heavy atom. The molecule has 2 aromatic carbocycles. The first-order valence-corrected chi connectivity index (χ1v) is 19.7. The summed E-state index contributed by atoms with van der Waals surface area (Å²) in [5.41, 5.74) is 4.69. The topological polar surface area (TPSA) is 130 Å². The lowest BCUT2D eigenvalue weighted by molar-refractivity contribution is -0.134. The van der Waals surface area contributed by atoms with Crippen LogP contribution in [0.25, 0.3) is 10.8 Å². The molecule has 1 spiro atoms. The van der Waals surface area contributed by atoms with Gasteiger partial charge in [0.25, 0.3) is 11.5 Å². The summed E-state index contributed by atoms with van der Waals surface area (Å²) in [5.74, 6) is 0.0759. The van der Waals surface area contributed by atoms with Crippen molar-refractivity contribution < 1.29 is 14.4 Å². The Labute approximate surface area is 320 Å². The number of nitrogens with zero attached hydrogens (tertiary/aromatic N) is 5. The molecule has 11 nitrogen and oxygen atoms in total. The van der Waals surface area contributed by atoms with Crippen molar-refractivity contribution in [1.29, 1.82) is 0 Å². The van der Waals surface area contributed by atoms with E-state index in [-0.39, 0.29) is 46.2 Å². The Hall–Kier alpha value is -4.61. The van der Waals surface area contributed by atoms with Crippen LogP contribution in [0.2, 0.25) is 5.02 Å². The lowest BCUT2D eigenvalue weighted by Crippen LogP contribution is -2.44. The van der Waals surface area contributed by atoms with Gasteiger partial charge in [-0.1, -0.05) is 35.9 Å². The second kappa shape index (κ2) is 14.9. The molecule has 54 heavy (non-hydrogen) atoms. The van der Waals surface area contributed by atoms with Crippen LogP contribution in [-0.4, -0.2) is 81.6 Å². The van der Waals surface area contributed by atoms with Gasteiger partial charge in [-0.3, -0.25) is 29.5 Å². The van der Waals surface area contributed by atoms with Gasteiger partial charge in [0.15, 0.2) is 0 Å². The predicted octanol–water partition coefficient (Wildman–Crippen LogP) is 5.98. The predicted molar refractivity (Wildman–Crippen MR) is 209 cm³/mol. The molecule has 8 rings (SSSR count). The van der Waals surface area contributed by atoms with E-state index in [0.717, 1.165) is 93.0 Å². The number of aryl methyl sites for hydroxylation is 1. The minimum absolute atomic E-state index is 0.0992. The molecule has 282 valence electrons. The second-order valence-corrected chi connectivity index (χ2v) is 16.6. The quantitative estimate of drug-likeness (QED) is 0.231. The molecule has 1 aliphatic carbocycles. The van der Waals surface area contributed by atoms with Gasteiger partial charge in [0.05, 0.1) is 17.8 Å². The van der Waals surface area contributed by atoms with Crippen molar-refractivity contribution in [3.8, 4) is 0 Å². The summed E-state index contributed by atoms with van der Waals surface area (Å²) in [6.45, 7) is 3.31. The molecule has 3 amide bonds. The van der Waals surface area contributed by atoms with E-state index in [1.165, 1.54) is 15.8 Å². The van der Waals surface area contributed by atoms with Gasteiger partial charge in [-0.05, 0) is 116 Å². The Morgan fingerprint density at radius 1 is 0.889 bits per heavy atom. The van der Waals surface area contributed by atoms with E-state index in [1.807, 2.05) is 23.2 Å². The van der Waals surface area contributed by atoms with Crippen molar-refractivity contribution in [3.63, 3.8) is 0 Å². The molecule has 3 aliphatic heterocycles. The van der Waals surface area contributed by atoms with Crippen molar-refractivity contribution >= 4 is 45.8 Å². The minimum atomic E-state index is -0.351. The van der Waals surface area contributed by atoms with Crippen molar-refractivity contribution in [3.05, 3.63) is 98.7 Å². The van der Waals surface area contributed by atoms with Gasteiger partial charge in [0.1, 0.15) is 5.02 Å². The zero-order valence-electron chi connectivity index (χ0n) is 31.0. The normalized spacial score (nSPS) is 23.8. The lowest BCUT2D eigenvalue weighted by atomic mass is 9.64. The van der Waals surface area contributed by atoms with Crippen molar-refractivity contribution in [1.82, 2.24) is 29.9 Å². The number of imide groups is 1. The summed E-state index contributed by atoms with van der Waals surface area (Å²) in [7, 11) is 3.68. The number of likely N-dealkylation sites (tertiary alicyclic amines) is 2. The number of likely N-dealkylation sites (N-methyl/N-ethyl adjacent to an activating group) is 1. The molecular formula is C42H48ClN7O4. The van der Waals surface area contributed by atoms with Gasteiger partial charge in [-0.15, -0.1) is 0 Å². The lowest BCUT2D eigenvalue weighted by Gasteiger charge is -2.46. The number of nitrogens with one attached hydrogen (secondary N) is 2. The third-order valence-electron chi connectivity index (χ3n) is 12.8. The van der Waals surface area contributed by atoms with E-state index >= 15 is 0 Å². The van der Waals surface area contributed by atoms with E-state index in [4.69, 9.17) is 11.6 Å². The number of carbonyl (C=O) groups is 3.